The van der Waals surface area contributed by atoms with Crippen molar-refractivity contribution in [2.45, 2.75) is 38.3 Å². The van der Waals surface area contributed by atoms with Gasteiger partial charge in [-0.1, -0.05) is 30.3 Å². The number of aromatic nitrogens is 3. The molecule has 0 saturated carbocycles. The lowest BCUT2D eigenvalue weighted by atomic mass is 9.94. The van der Waals surface area contributed by atoms with E-state index in [2.05, 4.69) is 60.4 Å². The maximum absolute atomic E-state index is 12.9. The fraction of sp³-hybridized carbons (Fsp3) is 0.440. The molecule has 2 aromatic heterocycles. The minimum absolute atomic E-state index is 0.0989. The maximum Gasteiger partial charge on any atom is 0.223 e. The number of carbonyl (C=O) groups excluding carboxylic acids is 1. The maximum atomic E-state index is 12.9. The Morgan fingerprint density at radius 1 is 0.938 bits per heavy atom. The molecule has 1 aromatic carbocycles. The zero-order valence-corrected chi connectivity index (χ0v) is 18.4. The van der Waals surface area contributed by atoms with Gasteiger partial charge in [-0.25, -0.2) is 9.97 Å². The SMILES string of the molecule is O=C(NC1CCN(Cc2ccccc2)CC1)C1CCN(c2cnc3nccnc3c2)CC1. The van der Waals surface area contributed by atoms with Crippen molar-refractivity contribution in [1.82, 2.24) is 25.2 Å². The van der Waals surface area contributed by atoms with Crippen LogP contribution in [0.1, 0.15) is 31.2 Å². The summed E-state index contributed by atoms with van der Waals surface area (Å²) >= 11 is 0. The van der Waals surface area contributed by atoms with E-state index in [-0.39, 0.29) is 11.8 Å². The lowest BCUT2D eigenvalue weighted by Crippen LogP contribution is -2.48. The summed E-state index contributed by atoms with van der Waals surface area (Å²) in [6.45, 7) is 4.80. The van der Waals surface area contributed by atoms with Gasteiger partial charge in [0.1, 0.15) is 5.52 Å². The third kappa shape index (κ3) is 4.88. The third-order valence-electron chi connectivity index (χ3n) is 6.72. The molecule has 0 bridgehead atoms. The Kier molecular flexibility index (Phi) is 6.25. The van der Waals surface area contributed by atoms with E-state index in [1.54, 1.807) is 12.4 Å². The van der Waals surface area contributed by atoms with Crippen molar-refractivity contribution in [1.29, 1.82) is 0 Å². The molecule has 1 amide bonds. The first kappa shape index (κ1) is 20.8. The molecule has 166 valence electrons. The van der Waals surface area contributed by atoms with Crippen LogP contribution in [0.25, 0.3) is 11.2 Å². The minimum atomic E-state index is 0.0989. The standard InChI is InChI=1S/C25H30N6O/c32-25(29-21-8-12-30(13-9-21)18-19-4-2-1-3-5-19)20-6-14-31(15-7-20)22-16-23-24(28-17-22)27-11-10-26-23/h1-5,10-11,16-17,20-21H,6-9,12-15,18H2,(H,29,32). The summed E-state index contributed by atoms with van der Waals surface area (Å²) in [5, 5.41) is 3.34. The van der Waals surface area contributed by atoms with Crippen LogP contribution in [0.15, 0.2) is 55.0 Å². The van der Waals surface area contributed by atoms with Crippen LogP contribution >= 0.6 is 0 Å². The van der Waals surface area contributed by atoms with E-state index < -0.39 is 0 Å². The lowest BCUT2D eigenvalue weighted by molar-refractivity contribution is -0.126. The summed E-state index contributed by atoms with van der Waals surface area (Å²) < 4.78 is 0. The predicted octanol–water partition coefficient (Wildman–Crippen LogP) is 3.02. The summed E-state index contributed by atoms with van der Waals surface area (Å²) in [6, 6.07) is 13.0. The van der Waals surface area contributed by atoms with E-state index >= 15 is 0 Å². The van der Waals surface area contributed by atoms with Crippen LogP contribution in [0, 0.1) is 5.92 Å². The molecule has 2 aliphatic rings. The van der Waals surface area contributed by atoms with Crippen molar-refractivity contribution >= 4 is 22.8 Å². The van der Waals surface area contributed by atoms with Gasteiger partial charge in [-0.2, -0.15) is 0 Å². The van der Waals surface area contributed by atoms with Gasteiger partial charge < -0.3 is 10.2 Å². The molecule has 5 rings (SSSR count). The average molecular weight is 431 g/mol. The first-order valence-corrected chi connectivity index (χ1v) is 11.6. The van der Waals surface area contributed by atoms with Crippen molar-refractivity contribution in [3.63, 3.8) is 0 Å². The molecule has 0 radical (unpaired) electrons. The van der Waals surface area contributed by atoms with Crippen molar-refractivity contribution in [3.05, 3.63) is 60.6 Å². The monoisotopic (exact) mass is 430 g/mol. The number of amides is 1. The number of fused-ring (bicyclic) bond motifs is 1. The molecule has 3 aromatic rings. The molecule has 2 fully saturated rings. The highest BCUT2D eigenvalue weighted by Crippen LogP contribution is 2.25. The zero-order chi connectivity index (χ0) is 21.8. The fourth-order valence-corrected chi connectivity index (χ4v) is 4.82. The van der Waals surface area contributed by atoms with Crippen molar-refractivity contribution in [2.24, 2.45) is 5.92 Å². The lowest BCUT2D eigenvalue weighted by Gasteiger charge is -2.35. The van der Waals surface area contributed by atoms with Crippen LogP contribution < -0.4 is 10.2 Å². The largest absolute Gasteiger partial charge is 0.370 e. The molecular weight excluding hydrogens is 400 g/mol. The molecule has 1 N–H and O–H groups in total. The Morgan fingerprint density at radius 2 is 1.69 bits per heavy atom. The number of nitrogens with one attached hydrogen (secondary N) is 1. The van der Waals surface area contributed by atoms with E-state index in [1.165, 1.54) is 5.56 Å². The van der Waals surface area contributed by atoms with E-state index in [1.807, 2.05) is 12.3 Å². The van der Waals surface area contributed by atoms with Gasteiger partial charge in [0.2, 0.25) is 5.91 Å². The van der Waals surface area contributed by atoms with Crippen molar-refractivity contribution < 1.29 is 4.79 Å². The molecular formula is C25H30N6O. The van der Waals surface area contributed by atoms with Gasteiger partial charge in [0, 0.05) is 57.1 Å². The van der Waals surface area contributed by atoms with Crippen molar-refractivity contribution in [3.8, 4) is 0 Å². The van der Waals surface area contributed by atoms with Crippen LogP contribution in [0.3, 0.4) is 0 Å². The second-order valence-corrected chi connectivity index (χ2v) is 8.90. The van der Waals surface area contributed by atoms with E-state index in [0.29, 0.717) is 11.7 Å². The molecule has 32 heavy (non-hydrogen) atoms. The third-order valence-corrected chi connectivity index (χ3v) is 6.72. The zero-order valence-electron chi connectivity index (χ0n) is 18.4. The molecule has 0 unspecified atom stereocenters. The predicted molar refractivity (Wildman–Crippen MR) is 125 cm³/mol. The second kappa shape index (κ2) is 9.61. The number of likely N-dealkylation sites (tertiary alicyclic amines) is 1. The van der Waals surface area contributed by atoms with Gasteiger partial charge in [-0.05, 0) is 37.3 Å². The van der Waals surface area contributed by atoms with Gasteiger partial charge in [0.15, 0.2) is 5.65 Å². The van der Waals surface area contributed by atoms with Gasteiger partial charge >= 0.3 is 0 Å². The summed E-state index contributed by atoms with van der Waals surface area (Å²) in [6.07, 6.45) is 9.01. The molecule has 4 heterocycles. The summed E-state index contributed by atoms with van der Waals surface area (Å²) in [5.74, 6) is 0.329. The number of anilines is 1. The average Bonchev–Trinajstić information content (AvgIpc) is 2.86. The van der Waals surface area contributed by atoms with Crippen LogP contribution in [-0.4, -0.2) is 58.0 Å². The number of benzene rings is 1. The first-order chi connectivity index (χ1) is 15.7. The second-order valence-electron chi connectivity index (χ2n) is 8.90. The van der Waals surface area contributed by atoms with Gasteiger partial charge in [0.05, 0.1) is 11.9 Å². The quantitative estimate of drug-likeness (QED) is 0.671. The van der Waals surface area contributed by atoms with Crippen LogP contribution in [0.5, 0.6) is 0 Å². The first-order valence-electron chi connectivity index (χ1n) is 11.6. The van der Waals surface area contributed by atoms with Crippen molar-refractivity contribution in [2.75, 3.05) is 31.1 Å². The van der Waals surface area contributed by atoms with Crippen LogP contribution in [0.2, 0.25) is 0 Å². The topological polar surface area (TPSA) is 74.2 Å². The molecule has 0 spiro atoms. The van der Waals surface area contributed by atoms with Crippen LogP contribution in [0.4, 0.5) is 5.69 Å². The van der Waals surface area contributed by atoms with Gasteiger partial charge in [0.25, 0.3) is 0 Å². The molecule has 0 atom stereocenters. The Balaban J connectivity index is 1.08. The highest BCUT2D eigenvalue weighted by Gasteiger charge is 2.28. The summed E-state index contributed by atoms with van der Waals surface area (Å²) in [4.78, 5) is 30.7. The normalized spacial score (nSPS) is 18.7. The highest BCUT2D eigenvalue weighted by molar-refractivity contribution is 5.79. The van der Waals surface area contributed by atoms with E-state index in [0.717, 1.165) is 69.6 Å². The number of nitrogens with zero attached hydrogens (tertiary/aromatic N) is 5. The minimum Gasteiger partial charge on any atom is -0.370 e. The molecule has 0 aliphatic carbocycles. The number of carbonyl (C=O) groups is 1. The summed E-state index contributed by atoms with van der Waals surface area (Å²) in [5.41, 5.74) is 3.89. The number of hydrogen-bond donors (Lipinski definition) is 1. The van der Waals surface area contributed by atoms with Crippen LogP contribution in [-0.2, 0) is 11.3 Å². The number of hydrogen-bond acceptors (Lipinski definition) is 6. The number of piperidine rings is 2. The molecule has 2 saturated heterocycles. The molecule has 7 nitrogen and oxygen atoms in total. The van der Waals surface area contributed by atoms with Gasteiger partial charge in [-0.3, -0.25) is 14.7 Å². The van der Waals surface area contributed by atoms with E-state index in [4.69, 9.17) is 0 Å². The Morgan fingerprint density at radius 3 is 2.47 bits per heavy atom. The van der Waals surface area contributed by atoms with E-state index in [9.17, 15) is 4.79 Å². The Bertz CT molecular complexity index is 1040. The molecule has 2 aliphatic heterocycles. The highest BCUT2D eigenvalue weighted by atomic mass is 16.2. The molecule has 7 heteroatoms. The van der Waals surface area contributed by atoms with Gasteiger partial charge in [-0.15, -0.1) is 0 Å². The number of pyridine rings is 1. The fourth-order valence-electron chi connectivity index (χ4n) is 4.82. The number of rotatable bonds is 5. The Labute approximate surface area is 188 Å². The summed E-state index contributed by atoms with van der Waals surface area (Å²) in [7, 11) is 0. The Hall–Kier alpha value is -3.06. The smallest absolute Gasteiger partial charge is 0.223 e.